The molecule has 0 unspecified atom stereocenters. The normalized spacial score (nSPS) is 24.7. The SMILES string of the molecule is CC(C)C(=O)N1C[C@@H]2CN(C(=O)c3ccc4ccccc4n3)C[C@]2(CO)C1. The van der Waals surface area contributed by atoms with Gasteiger partial charge in [0.1, 0.15) is 5.69 Å². The fraction of sp³-hybridized carbons (Fsp3) is 0.476. The third kappa shape index (κ3) is 2.98. The molecule has 4 rings (SSSR count). The quantitative estimate of drug-likeness (QED) is 0.898. The van der Waals surface area contributed by atoms with Crippen molar-refractivity contribution in [2.24, 2.45) is 17.3 Å². The molecule has 3 heterocycles. The molecule has 0 aliphatic carbocycles. The standard InChI is InChI=1S/C21H25N3O3/c1-14(2)19(26)23-9-16-10-24(12-21(16,11-23)13-25)20(27)18-8-7-15-5-3-4-6-17(15)22-18/h3-8,14,16,25H,9-13H2,1-2H3/t16-,21+/m1/s1. The van der Waals surface area contributed by atoms with Gasteiger partial charge in [0.15, 0.2) is 0 Å². The molecule has 0 bridgehead atoms. The number of hydrogen-bond donors (Lipinski definition) is 1. The van der Waals surface area contributed by atoms with E-state index in [-0.39, 0.29) is 30.3 Å². The monoisotopic (exact) mass is 367 g/mol. The van der Waals surface area contributed by atoms with Crippen molar-refractivity contribution in [2.75, 3.05) is 32.8 Å². The minimum absolute atomic E-state index is 0.0194. The number of amides is 2. The number of carbonyl (C=O) groups excluding carboxylic acids is 2. The van der Waals surface area contributed by atoms with E-state index >= 15 is 0 Å². The van der Waals surface area contributed by atoms with Crippen LogP contribution in [0, 0.1) is 17.3 Å². The molecule has 6 nitrogen and oxygen atoms in total. The molecule has 2 amide bonds. The zero-order valence-electron chi connectivity index (χ0n) is 15.8. The Bertz CT molecular complexity index is 897. The van der Waals surface area contributed by atoms with Gasteiger partial charge in [-0.15, -0.1) is 0 Å². The maximum atomic E-state index is 13.0. The highest BCUT2D eigenvalue weighted by molar-refractivity contribution is 5.95. The van der Waals surface area contributed by atoms with E-state index in [0.717, 1.165) is 10.9 Å². The van der Waals surface area contributed by atoms with Crippen molar-refractivity contribution in [1.82, 2.24) is 14.8 Å². The summed E-state index contributed by atoms with van der Waals surface area (Å²) in [5, 5.41) is 11.1. The van der Waals surface area contributed by atoms with E-state index in [1.807, 2.05) is 49.1 Å². The van der Waals surface area contributed by atoms with Crippen molar-refractivity contribution >= 4 is 22.7 Å². The highest BCUT2D eigenvalue weighted by Crippen LogP contribution is 2.43. The van der Waals surface area contributed by atoms with Gasteiger partial charge in [0.2, 0.25) is 5.91 Å². The summed E-state index contributed by atoms with van der Waals surface area (Å²) in [6.07, 6.45) is 0. The minimum Gasteiger partial charge on any atom is -0.396 e. The van der Waals surface area contributed by atoms with Gasteiger partial charge in [0.25, 0.3) is 5.91 Å². The van der Waals surface area contributed by atoms with E-state index < -0.39 is 5.41 Å². The maximum Gasteiger partial charge on any atom is 0.272 e. The smallest absolute Gasteiger partial charge is 0.272 e. The van der Waals surface area contributed by atoms with Crippen LogP contribution in [0.5, 0.6) is 0 Å². The van der Waals surface area contributed by atoms with Gasteiger partial charge in [-0.1, -0.05) is 38.1 Å². The predicted molar refractivity (Wildman–Crippen MR) is 102 cm³/mol. The second-order valence-corrected chi connectivity index (χ2v) is 8.17. The average Bonchev–Trinajstić information content (AvgIpc) is 3.21. The number of carbonyl (C=O) groups is 2. The second-order valence-electron chi connectivity index (χ2n) is 8.17. The number of pyridine rings is 1. The molecule has 2 aliphatic rings. The van der Waals surface area contributed by atoms with E-state index in [2.05, 4.69) is 4.98 Å². The van der Waals surface area contributed by atoms with Crippen LogP contribution in [0.1, 0.15) is 24.3 Å². The van der Waals surface area contributed by atoms with Gasteiger partial charge in [-0.2, -0.15) is 0 Å². The Balaban J connectivity index is 1.53. The van der Waals surface area contributed by atoms with Crippen LogP contribution >= 0.6 is 0 Å². The Kier molecular flexibility index (Phi) is 4.38. The topological polar surface area (TPSA) is 73.7 Å². The molecule has 0 saturated carbocycles. The highest BCUT2D eigenvalue weighted by atomic mass is 16.3. The first-order valence-corrected chi connectivity index (χ1v) is 9.48. The lowest BCUT2D eigenvalue weighted by Gasteiger charge is -2.27. The highest BCUT2D eigenvalue weighted by Gasteiger charge is 2.54. The van der Waals surface area contributed by atoms with Gasteiger partial charge in [-0.05, 0) is 12.1 Å². The molecule has 2 fully saturated rings. The van der Waals surface area contributed by atoms with Crippen LogP contribution in [-0.2, 0) is 4.79 Å². The Morgan fingerprint density at radius 1 is 1.15 bits per heavy atom. The van der Waals surface area contributed by atoms with Crippen LogP contribution in [0.4, 0.5) is 0 Å². The van der Waals surface area contributed by atoms with Crippen LogP contribution in [0.15, 0.2) is 36.4 Å². The van der Waals surface area contributed by atoms with E-state index in [1.165, 1.54) is 0 Å². The Morgan fingerprint density at radius 2 is 1.85 bits per heavy atom. The lowest BCUT2D eigenvalue weighted by molar-refractivity contribution is -0.134. The van der Waals surface area contributed by atoms with Gasteiger partial charge in [0, 0.05) is 48.8 Å². The number of fused-ring (bicyclic) bond motifs is 2. The molecule has 1 aromatic carbocycles. The second kappa shape index (κ2) is 6.60. The first-order chi connectivity index (χ1) is 12.9. The Morgan fingerprint density at radius 3 is 2.56 bits per heavy atom. The number of aliphatic hydroxyl groups is 1. The van der Waals surface area contributed by atoms with E-state index in [0.29, 0.717) is 31.9 Å². The third-order valence-corrected chi connectivity index (χ3v) is 5.98. The van der Waals surface area contributed by atoms with Crippen LogP contribution < -0.4 is 0 Å². The van der Waals surface area contributed by atoms with E-state index in [4.69, 9.17) is 0 Å². The zero-order valence-corrected chi connectivity index (χ0v) is 15.8. The summed E-state index contributed by atoms with van der Waals surface area (Å²) in [6, 6.07) is 11.4. The number of aliphatic hydroxyl groups excluding tert-OH is 1. The van der Waals surface area contributed by atoms with Crippen molar-refractivity contribution in [3.05, 3.63) is 42.1 Å². The lowest BCUT2D eigenvalue weighted by atomic mass is 9.82. The lowest BCUT2D eigenvalue weighted by Crippen LogP contribution is -2.41. The number of para-hydroxylation sites is 1. The maximum absolute atomic E-state index is 13.0. The van der Waals surface area contributed by atoms with Gasteiger partial charge in [-0.25, -0.2) is 4.98 Å². The van der Waals surface area contributed by atoms with Crippen LogP contribution in [0.25, 0.3) is 10.9 Å². The summed E-state index contributed by atoms with van der Waals surface area (Å²) in [5.41, 5.74) is 0.807. The fourth-order valence-electron chi connectivity index (χ4n) is 4.44. The van der Waals surface area contributed by atoms with E-state index in [1.54, 1.807) is 11.0 Å². The van der Waals surface area contributed by atoms with Gasteiger partial charge < -0.3 is 14.9 Å². The summed E-state index contributed by atoms with van der Waals surface area (Å²) in [7, 11) is 0. The fourth-order valence-corrected chi connectivity index (χ4v) is 4.44. The molecule has 27 heavy (non-hydrogen) atoms. The Hall–Kier alpha value is -2.47. The third-order valence-electron chi connectivity index (χ3n) is 5.98. The molecular weight excluding hydrogens is 342 g/mol. The Labute approximate surface area is 158 Å². The van der Waals surface area contributed by atoms with Crippen LogP contribution in [0.3, 0.4) is 0 Å². The van der Waals surface area contributed by atoms with Gasteiger partial charge in [0.05, 0.1) is 12.1 Å². The van der Waals surface area contributed by atoms with Crippen molar-refractivity contribution in [1.29, 1.82) is 0 Å². The molecule has 2 aliphatic heterocycles. The zero-order chi connectivity index (χ0) is 19.2. The molecule has 0 spiro atoms. The largest absolute Gasteiger partial charge is 0.396 e. The summed E-state index contributed by atoms with van der Waals surface area (Å²) in [4.78, 5) is 33.5. The predicted octanol–water partition coefficient (Wildman–Crippen LogP) is 1.78. The molecular formula is C21H25N3O3. The van der Waals surface area contributed by atoms with Crippen molar-refractivity contribution in [3.63, 3.8) is 0 Å². The average molecular weight is 367 g/mol. The molecule has 2 atom stereocenters. The minimum atomic E-state index is -0.420. The summed E-state index contributed by atoms with van der Waals surface area (Å²) in [5.74, 6) is 0.0599. The van der Waals surface area contributed by atoms with Crippen LogP contribution in [-0.4, -0.2) is 64.5 Å². The number of aromatic nitrogens is 1. The molecule has 6 heteroatoms. The van der Waals surface area contributed by atoms with Crippen molar-refractivity contribution in [3.8, 4) is 0 Å². The van der Waals surface area contributed by atoms with Crippen molar-refractivity contribution < 1.29 is 14.7 Å². The number of hydrogen-bond acceptors (Lipinski definition) is 4. The summed E-state index contributed by atoms with van der Waals surface area (Å²) in [6.45, 7) is 5.90. The molecule has 0 radical (unpaired) electrons. The first kappa shape index (κ1) is 17.9. The number of rotatable bonds is 3. The summed E-state index contributed by atoms with van der Waals surface area (Å²) < 4.78 is 0. The van der Waals surface area contributed by atoms with Gasteiger partial charge in [-0.3, -0.25) is 9.59 Å². The number of likely N-dealkylation sites (tertiary alicyclic amines) is 2. The number of benzene rings is 1. The molecule has 1 N–H and O–H groups in total. The molecule has 142 valence electrons. The molecule has 1 aromatic heterocycles. The number of nitrogens with zero attached hydrogens (tertiary/aromatic N) is 3. The van der Waals surface area contributed by atoms with Gasteiger partial charge >= 0.3 is 0 Å². The molecule has 2 aromatic rings. The van der Waals surface area contributed by atoms with E-state index in [9.17, 15) is 14.7 Å². The first-order valence-electron chi connectivity index (χ1n) is 9.48. The van der Waals surface area contributed by atoms with Crippen LogP contribution in [0.2, 0.25) is 0 Å². The summed E-state index contributed by atoms with van der Waals surface area (Å²) >= 11 is 0. The van der Waals surface area contributed by atoms with Crippen molar-refractivity contribution in [2.45, 2.75) is 13.8 Å². The molecule has 2 saturated heterocycles.